The number of nitrogens with one attached hydrogen (secondary N) is 1. The molecule has 0 spiro atoms. The smallest absolute Gasteiger partial charge is 0.126 e. The number of benzene rings is 2. The van der Waals surface area contributed by atoms with Gasteiger partial charge < -0.3 is 5.32 Å². The third kappa shape index (κ3) is 2.63. The van der Waals surface area contributed by atoms with Crippen LogP contribution in [0.4, 0.5) is 15.8 Å². The molecule has 0 saturated carbocycles. The molecule has 0 unspecified atom stereocenters. The fourth-order valence-corrected chi connectivity index (χ4v) is 1.56. The summed E-state index contributed by atoms with van der Waals surface area (Å²) < 4.78 is 13.2. The Labute approximate surface area is 104 Å². The van der Waals surface area contributed by atoms with E-state index in [1.54, 1.807) is 30.3 Å². The van der Waals surface area contributed by atoms with Crippen molar-refractivity contribution in [2.45, 2.75) is 0 Å². The average molecular weight is 237 g/mol. The van der Waals surface area contributed by atoms with Crippen molar-refractivity contribution in [3.63, 3.8) is 0 Å². The van der Waals surface area contributed by atoms with Crippen LogP contribution in [0, 0.1) is 28.5 Å². The second-order valence-corrected chi connectivity index (χ2v) is 3.66. The fraction of sp³-hybridized carbons (Fsp3) is 0. The van der Waals surface area contributed by atoms with Gasteiger partial charge in [0.05, 0.1) is 23.3 Å². The first-order chi connectivity index (χ1) is 8.71. The van der Waals surface area contributed by atoms with Crippen LogP contribution >= 0.6 is 0 Å². The van der Waals surface area contributed by atoms with E-state index in [9.17, 15) is 4.39 Å². The number of hydrogen-bond acceptors (Lipinski definition) is 3. The van der Waals surface area contributed by atoms with Gasteiger partial charge in [-0.25, -0.2) is 4.39 Å². The van der Waals surface area contributed by atoms with E-state index in [0.29, 0.717) is 16.9 Å². The zero-order valence-electron chi connectivity index (χ0n) is 9.31. The number of hydrogen-bond donors (Lipinski definition) is 1. The second kappa shape index (κ2) is 4.99. The molecule has 4 heteroatoms. The molecule has 0 fully saturated rings. The van der Waals surface area contributed by atoms with E-state index in [0.717, 1.165) is 6.07 Å². The maximum absolute atomic E-state index is 13.2. The summed E-state index contributed by atoms with van der Waals surface area (Å²) in [6, 6.07) is 14.7. The van der Waals surface area contributed by atoms with Gasteiger partial charge in [0.1, 0.15) is 5.82 Å². The van der Waals surface area contributed by atoms with E-state index in [1.807, 2.05) is 12.1 Å². The van der Waals surface area contributed by atoms with Gasteiger partial charge in [0.15, 0.2) is 0 Å². The predicted octanol–water partition coefficient (Wildman–Crippen LogP) is 3.31. The van der Waals surface area contributed by atoms with Crippen LogP contribution in [-0.2, 0) is 0 Å². The van der Waals surface area contributed by atoms with Gasteiger partial charge in [-0.1, -0.05) is 6.07 Å². The molecule has 0 radical (unpaired) electrons. The first-order valence-electron chi connectivity index (χ1n) is 5.19. The van der Waals surface area contributed by atoms with Crippen molar-refractivity contribution in [1.82, 2.24) is 0 Å². The summed E-state index contributed by atoms with van der Waals surface area (Å²) in [5, 5.41) is 20.5. The Balaban J connectivity index is 2.31. The third-order valence-electron chi connectivity index (χ3n) is 2.31. The lowest BCUT2D eigenvalue weighted by Gasteiger charge is -2.07. The highest BCUT2D eigenvalue weighted by atomic mass is 19.1. The maximum Gasteiger partial charge on any atom is 0.126 e. The topological polar surface area (TPSA) is 59.6 Å². The van der Waals surface area contributed by atoms with Crippen molar-refractivity contribution in [1.29, 1.82) is 10.5 Å². The van der Waals surface area contributed by atoms with Gasteiger partial charge in [-0.15, -0.1) is 0 Å². The summed E-state index contributed by atoms with van der Waals surface area (Å²) in [5.74, 6) is -0.479. The van der Waals surface area contributed by atoms with Crippen molar-refractivity contribution < 1.29 is 4.39 Å². The van der Waals surface area contributed by atoms with E-state index in [-0.39, 0.29) is 5.56 Å². The fourth-order valence-electron chi connectivity index (χ4n) is 1.56. The molecule has 3 nitrogen and oxygen atoms in total. The Bertz CT molecular complexity index is 665. The Morgan fingerprint density at radius 3 is 2.33 bits per heavy atom. The van der Waals surface area contributed by atoms with E-state index in [2.05, 4.69) is 5.32 Å². The average Bonchev–Trinajstić information content (AvgIpc) is 2.38. The molecule has 0 aliphatic rings. The summed E-state index contributed by atoms with van der Waals surface area (Å²) in [5.41, 5.74) is 1.90. The van der Waals surface area contributed by atoms with E-state index < -0.39 is 5.82 Å². The summed E-state index contributed by atoms with van der Waals surface area (Å²) >= 11 is 0. The van der Waals surface area contributed by atoms with Crippen LogP contribution in [0.5, 0.6) is 0 Å². The van der Waals surface area contributed by atoms with Crippen LogP contribution in [0.2, 0.25) is 0 Å². The molecule has 86 valence electrons. The molecule has 0 heterocycles. The quantitative estimate of drug-likeness (QED) is 0.871. The van der Waals surface area contributed by atoms with Gasteiger partial charge in [-0.2, -0.15) is 10.5 Å². The van der Waals surface area contributed by atoms with Gasteiger partial charge in [0.25, 0.3) is 0 Å². The number of anilines is 2. The van der Waals surface area contributed by atoms with Crippen LogP contribution in [0.3, 0.4) is 0 Å². The van der Waals surface area contributed by atoms with Crippen LogP contribution < -0.4 is 5.32 Å². The molecule has 0 amide bonds. The zero-order valence-corrected chi connectivity index (χ0v) is 9.31. The molecule has 18 heavy (non-hydrogen) atoms. The molecule has 1 N–H and O–H groups in total. The Kier molecular flexibility index (Phi) is 3.22. The molecule has 0 atom stereocenters. The lowest BCUT2D eigenvalue weighted by Crippen LogP contribution is -1.92. The molecule has 2 aromatic rings. The lowest BCUT2D eigenvalue weighted by molar-refractivity contribution is 0.628. The maximum atomic E-state index is 13.2. The van der Waals surface area contributed by atoms with Crippen molar-refractivity contribution in [2.75, 3.05) is 5.32 Å². The third-order valence-corrected chi connectivity index (χ3v) is 2.31. The molecule has 0 saturated heterocycles. The first kappa shape index (κ1) is 11.6. The van der Waals surface area contributed by atoms with Gasteiger partial charge in [0.2, 0.25) is 0 Å². The van der Waals surface area contributed by atoms with Crippen molar-refractivity contribution >= 4 is 11.4 Å². The number of nitrogens with zero attached hydrogens (tertiary/aromatic N) is 2. The molecule has 0 aliphatic carbocycles. The van der Waals surface area contributed by atoms with Crippen molar-refractivity contribution in [3.8, 4) is 12.1 Å². The second-order valence-electron chi connectivity index (χ2n) is 3.66. The minimum Gasteiger partial charge on any atom is -0.355 e. The molecule has 2 rings (SSSR count). The molecular weight excluding hydrogens is 229 g/mol. The standard InChI is InChI=1S/C14H8FN3/c15-12-4-11(9-17)6-14(7-12)18-13-3-1-2-10(5-13)8-16/h1-7,18H. The summed E-state index contributed by atoms with van der Waals surface area (Å²) in [6.07, 6.45) is 0. The summed E-state index contributed by atoms with van der Waals surface area (Å²) in [6.45, 7) is 0. The minimum absolute atomic E-state index is 0.244. The highest BCUT2D eigenvalue weighted by molar-refractivity contribution is 5.62. The predicted molar refractivity (Wildman–Crippen MR) is 65.6 cm³/mol. The Morgan fingerprint density at radius 2 is 1.61 bits per heavy atom. The summed E-state index contributed by atoms with van der Waals surface area (Å²) in [7, 11) is 0. The highest BCUT2D eigenvalue weighted by Gasteiger charge is 2.01. The first-order valence-corrected chi connectivity index (χ1v) is 5.19. The normalized spacial score (nSPS) is 9.28. The van der Waals surface area contributed by atoms with E-state index in [1.165, 1.54) is 6.07 Å². The van der Waals surface area contributed by atoms with Crippen LogP contribution in [0.1, 0.15) is 11.1 Å². The van der Waals surface area contributed by atoms with E-state index >= 15 is 0 Å². The molecule has 0 aromatic heterocycles. The number of halogens is 1. The molecule has 0 bridgehead atoms. The van der Waals surface area contributed by atoms with Gasteiger partial charge in [-0.3, -0.25) is 0 Å². The van der Waals surface area contributed by atoms with Gasteiger partial charge in [0, 0.05) is 11.4 Å². The molecule has 2 aromatic carbocycles. The zero-order chi connectivity index (χ0) is 13.0. The van der Waals surface area contributed by atoms with Crippen molar-refractivity contribution in [2.24, 2.45) is 0 Å². The van der Waals surface area contributed by atoms with Crippen LogP contribution in [0.25, 0.3) is 0 Å². The molecular formula is C14H8FN3. The molecule has 0 aliphatic heterocycles. The monoisotopic (exact) mass is 237 g/mol. The highest BCUT2D eigenvalue weighted by Crippen LogP contribution is 2.20. The van der Waals surface area contributed by atoms with E-state index in [4.69, 9.17) is 10.5 Å². The summed E-state index contributed by atoms with van der Waals surface area (Å²) in [4.78, 5) is 0. The van der Waals surface area contributed by atoms with Crippen LogP contribution in [0.15, 0.2) is 42.5 Å². The van der Waals surface area contributed by atoms with Crippen molar-refractivity contribution in [3.05, 3.63) is 59.4 Å². The minimum atomic E-state index is -0.479. The largest absolute Gasteiger partial charge is 0.355 e. The van der Waals surface area contributed by atoms with Crippen LogP contribution in [-0.4, -0.2) is 0 Å². The SMILES string of the molecule is N#Cc1cccc(Nc2cc(F)cc(C#N)c2)c1. The number of rotatable bonds is 2. The Morgan fingerprint density at radius 1 is 0.889 bits per heavy atom. The number of nitriles is 2. The lowest BCUT2D eigenvalue weighted by atomic mass is 10.2. The van der Waals surface area contributed by atoms with Gasteiger partial charge in [-0.05, 0) is 36.4 Å². The Hall–Kier alpha value is -2.85. The van der Waals surface area contributed by atoms with Gasteiger partial charge >= 0.3 is 0 Å².